The fourth-order valence-electron chi connectivity index (χ4n) is 4.18. The number of hydrogen-bond donors (Lipinski definition) is 2. The fraction of sp³-hybridized carbons (Fsp3) is 1.00. The molecule has 0 spiro atoms. The zero-order chi connectivity index (χ0) is 17.9. The van der Waals surface area contributed by atoms with Crippen molar-refractivity contribution in [3.8, 4) is 0 Å². The highest BCUT2D eigenvalue weighted by atomic mass is 15.4. The molecule has 4 unspecified atom stereocenters. The van der Waals surface area contributed by atoms with Gasteiger partial charge in [-0.25, -0.2) is 0 Å². The quantitative estimate of drug-likeness (QED) is 0.696. The van der Waals surface area contributed by atoms with E-state index in [1.807, 2.05) is 0 Å². The molecule has 0 bridgehead atoms. The first-order chi connectivity index (χ1) is 11.3. The van der Waals surface area contributed by atoms with Gasteiger partial charge in [0.2, 0.25) is 0 Å². The van der Waals surface area contributed by atoms with Crippen molar-refractivity contribution < 1.29 is 0 Å². The van der Waals surface area contributed by atoms with Crippen LogP contribution in [0.25, 0.3) is 0 Å². The third-order valence-electron chi connectivity index (χ3n) is 6.36. The van der Waals surface area contributed by atoms with Gasteiger partial charge in [0.15, 0.2) is 0 Å². The Morgan fingerprint density at radius 3 is 1.46 bits per heavy atom. The van der Waals surface area contributed by atoms with E-state index in [4.69, 9.17) is 0 Å². The molecule has 0 aromatic carbocycles. The standard InChI is InChI=1S/C18H40N6/c1-14(21(4)5)17-12-19-8-10-23(17)16(3)24-11-9-20-13-18(24)15(2)22(6)7/h14-20H,8-13H2,1-7H3. The van der Waals surface area contributed by atoms with Crippen LogP contribution in [0.4, 0.5) is 0 Å². The molecule has 0 radical (unpaired) electrons. The second-order valence-corrected chi connectivity index (χ2v) is 8.06. The van der Waals surface area contributed by atoms with Crippen molar-refractivity contribution in [3.63, 3.8) is 0 Å². The lowest BCUT2D eigenvalue weighted by Crippen LogP contribution is -2.68. The molecule has 2 N–H and O–H groups in total. The number of hydrogen-bond acceptors (Lipinski definition) is 6. The molecule has 6 heteroatoms. The predicted octanol–water partition coefficient (Wildman–Crippen LogP) is -0.220. The highest BCUT2D eigenvalue weighted by Gasteiger charge is 2.38. The van der Waals surface area contributed by atoms with E-state index in [-0.39, 0.29) is 0 Å². The van der Waals surface area contributed by atoms with Crippen LogP contribution in [0.15, 0.2) is 0 Å². The van der Waals surface area contributed by atoms with Gasteiger partial charge in [-0.3, -0.25) is 9.80 Å². The summed E-state index contributed by atoms with van der Waals surface area (Å²) in [5, 5.41) is 7.21. The highest BCUT2D eigenvalue weighted by molar-refractivity contribution is 4.94. The third-order valence-corrected chi connectivity index (χ3v) is 6.36. The minimum absolute atomic E-state index is 0.481. The summed E-state index contributed by atoms with van der Waals surface area (Å²) < 4.78 is 0. The summed E-state index contributed by atoms with van der Waals surface area (Å²) in [5.74, 6) is 0. The van der Waals surface area contributed by atoms with Gasteiger partial charge in [-0.05, 0) is 49.0 Å². The maximum Gasteiger partial charge on any atom is 0.0601 e. The molecule has 142 valence electrons. The van der Waals surface area contributed by atoms with E-state index < -0.39 is 0 Å². The Morgan fingerprint density at radius 1 is 0.750 bits per heavy atom. The van der Waals surface area contributed by atoms with Gasteiger partial charge < -0.3 is 20.4 Å². The number of nitrogens with zero attached hydrogens (tertiary/aromatic N) is 4. The first kappa shape index (κ1) is 20.1. The molecule has 2 rings (SSSR count). The minimum Gasteiger partial charge on any atom is -0.314 e. The lowest BCUT2D eigenvalue weighted by Gasteiger charge is -2.52. The number of rotatable bonds is 6. The topological polar surface area (TPSA) is 37.0 Å². The molecule has 6 nitrogen and oxygen atoms in total. The lowest BCUT2D eigenvalue weighted by molar-refractivity contribution is -0.0515. The van der Waals surface area contributed by atoms with E-state index in [1.165, 1.54) is 0 Å². The highest BCUT2D eigenvalue weighted by Crippen LogP contribution is 2.21. The molecule has 2 saturated heterocycles. The van der Waals surface area contributed by atoms with Gasteiger partial charge in [0.25, 0.3) is 0 Å². The van der Waals surface area contributed by atoms with Crippen LogP contribution < -0.4 is 10.6 Å². The van der Waals surface area contributed by atoms with Gasteiger partial charge in [0.1, 0.15) is 0 Å². The number of nitrogens with one attached hydrogen (secondary N) is 2. The van der Waals surface area contributed by atoms with Crippen LogP contribution in [0, 0.1) is 0 Å². The van der Waals surface area contributed by atoms with Crippen LogP contribution in [0.1, 0.15) is 20.8 Å². The summed E-state index contributed by atoms with van der Waals surface area (Å²) in [6.45, 7) is 13.8. The summed E-state index contributed by atoms with van der Waals surface area (Å²) in [6.07, 6.45) is 0.481. The van der Waals surface area contributed by atoms with Gasteiger partial charge in [-0.15, -0.1) is 0 Å². The van der Waals surface area contributed by atoms with Gasteiger partial charge in [0, 0.05) is 63.4 Å². The Morgan fingerprint density at radius 2 is 1.12 bits per heavy atom. The molecule has 2 fully saturated rings. The van der Waals surface area contributed by atoms with Crippen molar-refractivity contribution in [3.05, 3.63) is 0 Å². The molecule has 0 aromatic heterocycles. The van der Waals surface area contributed by atoms with Crippen molar-refractivity contribution in [1.29, 1.82) is 0 Å². The summed E-state index contributed by atoms with van der Waals surface area (Å²) >= 11 is 0. The van der Waals surface area contributed by atoms with Crippen molar-refractivity contribution >= 4 is 0 Å². The average Bonchev–Trinajstić information content (AvgIpc) is 2.59. The predicted molar refractivity (Wildman–Crippen MR) is 102 cm³/mol. The van der Waals surface area contributed by atoms with E-state index in [9.17, 15) is 0 Å². The van der Waals surface area contributed by atoms with Crippen LogP contribution >= 0.6 is 0 Å². The van der Waals surface area contributed by atoms with Crippen LogP contribution in [0.2, 0.25) is 0 Å². The van der Waals surface area contributed by atoms with E-state index in [1.54, 1.807) is 0 Å². The van der Waals surface area contributed by atoms with Crippen molar-refractivity contribution in [2.45, 2.75) is 51.1 Å². The average molecular weight is 341 g/mol. The van der Waals surface area contributed by atoms with Gasteiger partial charge in [-0.1, -0.05) is 0 Å². The second-order valence-electron chi connectivity index (χ2n) is 8.06. The maximum atomic E-state index is 3.60. The van der Waals surface area contributed by atoms with E-state index in [0.717, 1.165) is 39.3 Å². The molecular formula is C18H40N6. The van der Waals surface area contributed by atoms with E-state index >= 15 is 0 Å². The zero-order valence-electron chi connectivity index (χ0n) is 16.9. The molecule has 2 aliphatic rings. The second kappa shape index (κ2) is 8.92. The first-order valence-corrected chi connectivity index (χ1v) is 9.60. The molecule has 24 heavy (non-hydrogen) atoms. The van der Waals surface area contributed by atoms with Crippen LogP contribution in [-0.4, -0.2) is 117 Å². The van der Waals surface area contributed by atoms with Gasteiger partial charge in [0.05, 0.1) is 6.17 Å². The largest absolute Gasteiger partial charge is 0.314 e. The molecule has 0 amide bonds. The van der Waals surface area contributed by atoms with Crippen molar-refractivity contribution in [1.82, 2.24) is 30.2 Å². The van der Waals surface area contributed by atoms with Crippen molar-refractivity contribution in [2.24, 2.45) is 0 Å². The van der Waals surface area contributed by atoms with E-state index in [0.29, 0.717) is 30.3 Å². The number of likely N-dealkylation sites (N-methyl/N-ethyl adjacent to an activating group) is 2. The Labute approximate surface area is 149 Å². The molecule has 2 heterocycles. The summed E-state index contributed by atoms with van der Waals surface area (Å²) in [6, 6.07) is 2.23. The molecule has 0 aromatic rings. The molecule has 0 aliphatic carbocycles. The molecule has 4 atom stereocenters. The summed E-state index contributed by atoms with van der Waals surface area (Å²) in [7, 11) is 8.79. The first-order valence-electron chi connectivity index (χ1n) is 9.60. The monoisotopic (exact) mass is 340 g/mol. The Bertz CT molecular complexity index is 341. The zero-order valence-corrected chi connectivity index (χ0v) is 16.9. The van der Waals surface area contributed by atoms with Crippen LogP contribution in [0.5, 0.6) is 0 Å². The minimum atomic E-state index is 0.481. The normalized spacial score (nSPS) is 31.4. The summed E-state index contributed by atoms with van der Waals surface area (Å²) in [5.41, 5.74) is 0. The SMILES string of the molecule is CC(C1CNCCN1C(C)N1CCNCC1C(C)N(C)C)N(C)C. The molecular weight excluding hydrogens is 300 g/mol. The number of piperazine rings is 2. The molecule has 0 saturated carbocycles. The van der Waals surface area contributed by atoms with Gasteiger partial charge in [-0.2, -0.15) is 0 Å². The molecule has 2 aliphatic heterocycles. The smallest absolute Gasteiger partial charge is 0.0601 e. The maximum absolute atomic E-state index is 3.60. The van der Waals surface area contributed by atoms with E-state index in [2.05, 4.69) is 79.2 Å². The van der Waals surface area contributed by atoms with Gasteiger partial charge >= 0.3 is 0 Å². The van der Waals surface area contributed by atoms with Crippen LogP contribution in [0.3, 0.4) is 0 Å². The lowest BCUT2D eigenvalue weighted by atomic mass is 10.0. The Kier molecular flexibility index (Phi) is 7.46. The van der Waals surface area contributed by atoms with Crippen molar-refractivity contribution in [2.75, 3.05) is 67.5 Å². The summed E-state index contributed by atoms with van der Waals surface area (Å²) in [4.78, 5) is 10.2. The Hall–Kier alpha value is -0.240. The van der Waals surface area contributed by atoms with Crippen LogP contribution in [-0.2, 0) is 0 Å². The third kappa shape index (κ3) is 4.48. The Balaban J connectivity index is 2.14. The fourth-order valence-corrected chi connectivity index (χ4v) is 4.18.